The molecular formula is C13H16ClNO2. The smallest absolute Gasteiger partial charge is 0.265 e. The van der Waals surface area contributed by atoms with Gasteiger partial charge in [0.05, 0.1) is 5.69 Å². The minimum absolute atomic E-state index is 0.0103. The van der Waals surface area contributed by atoms with Gasteiger partial charge in [0.25, 0.3) is 5.91 Å². The number of rotatable bonds is 3. The molecule has 0 aromatic heterocycles. The van der Waals surface area contributed by atoms with Crippen LogP contribution in [-0.2, 0) is 11.2 Å². The summed E-state index contributed by atoms with van der Waals surface area (Å²) in [6.07, 6.45) is 0.792. The molecule has 0 spiro atoms. The van der Waals surface area contributed by atoms with Crippen molar-refractivity contribution in [3.8, 4) is 5.75 Å². The summed E-state index contributed by atoms with van der Waals surface area (Å²) in [5.74, 6) is 0.786. The Balaban J connectivity index is 2.34. The van der Waals surface area contributed by atoms with Gasteiger partial charge in [-0.2, -0.15) is 0 Å². The molecule has 1 aliphatic heterocycles. The Hall–Kier alpha value is -1.22. The maximum atomic E-state index is 11.7. The van der Waals surface area contributed by atoms with Crippen LogP contribution in [0.5, 0.6) is 5.75 Å². The first-order chi connectivity index (χ1) is 8.11. The zero-order valence-electron chi connectivity index (χ0n) is 10.1. The fourth-order valence-corrected chi connectivity index (χ4v) is 2.22. The molecule has 0 radical (unpaired) electrons. The Morgan fingerprint density at radius 3 is 2.94 bits per heavy atom. The van der Waals surface area contributed by atoms with Crippen molar-refractivity contribution in [3.05, 3.63) is 23.8 Å². The SMILES string of the molecule is CCN1C(=O)COc2ccc(CC(C)Cl)cc21. The number of ether oxygens (including phenoxy) is 1. The van der Waals surface area contributed by atoms with E-state index < -0.39 is 0 Å². The van der Waals surface area contributed by atoms with E-state index in [1.807, 2.05) is 32.0 Å². The standard InChI is InChI=1S/C13H16ClNO2/c1-3-15-11-7-10(6-9(2)14)4-5-12(11)17-8-13(15)16/h4-5,7,9H,3,6,8H2,1-2H3. The highest BCUT2D eigenvalue weighted by Gasteiger charge is 2.24. The van der Waals surface area contributed by atoms with Crippen molar-refractivity contribution in [2.45, 2.75) is 25.6 Å². The molecule has 0 bridgehead atoms. The van der Waals surface area contributed by atoms with Crippen molar-refractivity contribution in [2.24, 2.45) is 0 Å². The van der Waals surface area contributed by atoms with Gasteiger partial charge in [-0.15, -0.1) is 11.6 Å². The second-order valence-corrected chi connectivity index (χ2v) is 4.96. The maximum absolute atomic E-state index is 11.7. The molecule has 1 amide bonds. The summed E-state index contributed by atoms with van der Waals surface area (Å²) < 4.78 is 5.40. The maximum Gasteiger partial charge on any atom is 0.265 e. The van der Waals surface area contributed by atoms with E-state index in [1.165, 1.54) is 0 Å². The number of carbonyl (C=O) groups excluding carboxylic acids is 1. The predicted molar refractivity (Wildman–Crippen MR) is 69.0 cm³/mol. The van der Waals surface area contributed by atoms with Crippen molar-refractivity contribution < 1.29 is 9.53 Å². The van der Waals surface area contributed by atoms with E-state index in [0.717, 1.165) is 23.4 Å². The van der Waals surface area contributed by atoms with E-state index in [1.54, 1.807) is 4.90 Å². The van der Waals surface area contributed by atoms with Crippen molar-refractivity contribution >= 4 is 23.2 Å². The van der Waals surface area contributed by atoms with Crippen LogP contribution in [0.15, 0.2) is 18.2 Å². The molecule has 1 aromatic carbocycles. The monoisotopic (exact) mass is 253 g/mol. The van der Waals surface area contributed by atoms with Crippen LogP contribution < -0.4 is 9.64 Å². The van der Waals surface area contributed by atoms with E-state index in [-0.39, 0.29) is 17.9 Å². The Morgan fingerprint density at radius 2 is 2.29 bits per heavy atom. The zero-order valence-corrected chi connectivity index (χ0v) is 10.8. The molecule has 3 nitrogen and oxygen atoms in total. The fraction of sp³-hybridized carbons (Fsp3) is 0.462. The van der Waals surface area contributed by atoms with Crippen LogP contribution >= 0.6 is 11.6 Å². The molecule has 92 valence electrons. The highest BCUT2D eigenvalue weighted by Crippen LogP contribution is 2.33. The van der Waals surface area contributed by atoms with Gasteiger partial charge in [0.2, 0.25) is 0 Å². The van der Waals surface area contributed by atoms with E-state index >= 15 is 0 Å². The van der Waals surface area contributed by atoms with Gasteiger partial charge in [-0.05, 0) is 38.0 Å². The largest absolute Gasteiger partial charge is 0.482 e. The quantitative estimate of drug-likeness (QED) is 0.775. The molecule has 0 saturated heterocycles. The molecule has 0 aliphatic carbocycles. The van der Waals surface area contributed by atoms with Gasteiger partial charge in [-0.25, -0.2) is 0 Å². The van der Waals surface area contributed by atoms with Crippen molar-refractivity contribution in [3.63, 3.8) is 0 Å². The molecule has 1 atom stereocenters. The zero-order chi connectivity index (χ0) is 12.4. The Labute approximate surface area is 106 Å². The number of fused-ring (bicyclic) bond motifs is 1. The molecular weight excluding hydrogens is 238 g/mol. The first kappa shape index (κ1) is 12.2. The summed E-state index contributed by atoms with van der Waals surface area (Å²) in [5, 5.41) is 0.0864. The van der Waals surface area contributed by atoms with Gasteiger partial charge in [-0.3, -0.25) is 4.79 Å². The minimum Gasteiger partial charge on any atom is -0.482 e. The third-order valence-electron chi connectivity index (χ3n) is 2.80. The van der Waals surface area contributed by atoms with Crippen molar-refractivity contribution in [1.29, 1.82) is 0 Å². The van der Waals surface area contributed by atoms with Crippen LogP contribution in [0.3, 0.4) is 0 Å². The van der Waals surface area contributed by atoms with Gasteiger partial charge in [0.1, 0.15) is 5.75 Å². The molecule has 0 N–H and O–H groups in total. The number of benzene rings is 1. The normalized spacial score (nSPS) is 16.4. The molecule has 4 heteroatoms. The molecule has 1 unspecified atom stereocenters. The van der Waals surface area contributed by atoms with E-state index in [9.17, 15) is 4.79 Å². The number of anilines is 1. The lowest BCUT2D eigenvalue weighted by atomic mass is 10.1. The lowest BCUT2D eigenvalue weighted by molar-refractivity contribution is -0.121. The summed E-state index contributed by atoms with van der Waals surface area (Å²) in [4.78, 5) is 13.4. The number of amides is 1. The lowest BCUT2D eigenvalue weighted by Gasteiger charge is -2.28. The Bertz CT molecular complexity index is 431. The average Bonchev–Trinajstić information content (AvgIpc) is 2.28. The number of hydrogen-bond donors (Lipinski definition) is 0. The number of carbonyl (C=O) groups is 1. The second-order valence-electron chi connectivity index (χ2n) is 4.21. The van der Waals surface area contributed by atoms with Gasteiger partial charge >= 0.3 is 0 Å². The van der Waals surface area contributed by atoms with Crippen LogP contribution in [0.2, 0.25) is 0 Å². The third kappa shape index (κ3) is 2.55. The lowest BCUT2D eigenvalue weighted by Crippen LogP contribution is -2.38. The van der Waals surface area contributed by atoms with E-state index in [2.05, 4.69) is 0 Å². The van der Waals surface area contributed by atoms with Gasteiger partial charge in [0, 0.05) is 11.9 Å². The number of nitrogens with zero attached hydrogens (tertiary/aromatic N) is 1. The number of alkyl halides is 1. The number of hydrogen-bond acceptors (Lipinski definition) is 2. The van der Waals surface area contributed by atoms with Gasteiger partial charge in [-0.1, -0.05) is 6.07 Å². The number of halogens is 1. The first-order valence-electron chi connectivity index (χ1n) is 5.82. The molecule has 2 rings (SSSR count). The predicted octanol–water partition coefficient (Wildman–Crippen LogP) is 2.60. The van der Waals surface area contributed by atoms with Crippen LogP contribution in [0.1, 0.15) is 19.4 Å². The highest BCUT2D eigenvalue weighted by molar-refractivity contribution is 6.20. The second kappa shape index (κ2) is 4.96. The Morgan fingerprint density at radius 1 is 1.53 bits per heavy atom. The fourth-order valence-electron chi connectivity index (χ4n) is 2.05. The molecule has 1 aromatic rings. The topological polar surface area (TPSA) is 29.5 Å². The molecule has 0 saturated carbocycles. The summed E-state index contributed by atoms with van der Waals surface area (Å²) in [6.45, 7) is 4.71. The van der Waals surface area contributed by atoms with Crippen LogP contribution in [-0.4, -0.2) is 24.4 Å². The number of likely N-dealkylation sites (N-methyl/N-ethyl adjacent to an activating group) is 1. The van der Waals surface area contributed by atoms with Crippen LogP contribution in [0.4, 0.5) is 5.69 Å². The summed E-state index contributed by atoms with van der Waals surface area (Å²) >= 11 is 5.98. The van der Waals surface area contributed by atoms with Gasteiger partial charge in [0.15, 0.2) is 6.61 Å². The average molecular weight is 254 g/mol. The van der Waals surface area contributed by atoms with E-state index in [0.29, 0.717) is 6.54 Å². The van der Waals surface area contributed by atoms with Crippen LogP contribution in [0, 0.1) is 0 Å². The van der Waals surface area contributed by atoms with Crippen molar-refractivity contribution in [1.82, 2.24) is 0 Å². The molecule has 1 heterocycles. The highest BCUT2D eigenvalue weighted by atomic mass is 35.5. The Kier molecular flexibility index (Phi) is 3.57. The van der Waals surface area contributed by atoms with Gasteiger partial charge < -0.3 is 9.64 Å². The van der Waals surface area contributed by atoms with Crippen LogP contribution in [0.25, 0.3) is 0 Å². The van der Waals surface area contributed by atoms with Crippen molar-refractivity contribution in [2.75, 3.05) is 18.1 Å². The summed E-state index contributed by atoms with van der Waals surface area (Å²) in [5.41, 5.74) is 1.99. The molecule has 1 aliphatic rings. The molecule has 0 fully saturated rings. The minimum atomic E-state index is 0.0103. The molecule has 17 heavy (non-hydrogen) atoms. The summed E-state index contributed by atoms with van der Waals surface area (Å²) in [7, 11) is 0. The first-order valence-corrected chi connectivity index (χ1v) is 6.25. The summed E-state index contributed by atoms with van der Waals surface area (Å²) in [6, 6.07) is 5.91. The van der Waals surface area contributed by atoms with E-state index in [4.69, 9.17) is 16.3 Å². The third-order valence-corrected chi connectivity index (χ3v) is 2.95.